The van der Waals surface area contributed by atoms with Gasteiger partial charge in [0.05, 0.1) is 17.9 Å². The summed E-state index contributed by atoms with van der Waals surface area (Å²) in [5.74, 6) is 0.0845. The summed E-state index contributed by atoms with van der Waals surface area (Å²) < 4.78 is 2.02. The van der Waals surface area contributed by atoms with Gasteiger partial charge in [0.15, 0.2) is 10.9 Å². The van der Waals surface area contributed by atoms with Gasteiger partial charge in [-0.1, -0.05) is 12.1 Å². The highest BCUT2D eigenvalue weighted by molar-refractivity contribution is 7.13. The largest absolute Gasteiger partial charge is 0.348 e. The first kappa shape index (κ1) is 21.7. The van der Waals surface area contributed by atoms with Crippen LogP contribution in [0.4, 0.5) is 15.6 Å². The maximum absolute atomic E-state index is 13.2. The minimum atomic E-state index is -0.0717. The molecule has 0 radical (unpaired) electrons. The standard InChI is InChI=1S/C25H29N5O2S/c1-18-13-22(23(31)14-19-5-7-21(8-6-19)30-12-9-26-24(30)32)29(15-18)16-20-17-33-25(27-20)28-10-3-2-4-11-28/h5-8,13,15,17H,2-4,9-12,14,16H2,1H3,(H,26,32). The summed E-state index contributed by atoms with van der Waals surface area (Å²) in [6.07, 6.45) is 6.13. The summed E-state index contributed by atoms with van der Waals surface area (Å²) in [6.45, 7) is 6.11. The average molecular weight is 464 g/mol. The van der Waals surface area contributed by atoms with E-state index in [1.54, 1.807) is 16.2 Å². The molecule has 1 N–H and O–H groups in total. The van der Waals surface area contributed by atoms with E-state index >= 15 is 0 Å². The number of benzene rings is 1. The highest BCUT2D eigenvalue weighted by atomic mass is 32.1. The number of rotatable bonds is 7. The Labute approximate surface area is 198 Å². The molecule has 2 aliphatic rings. The van der Waals surface area contributed by atoms with Crippen molar-refractivity contribution in [1.29, 1.82) is 0 Å². The second-order valence-corrected chi connectivity index (χ2v) is 9.69. The topological polar surface area (TPSA) is 70.5 Å². The molecular formula is C25H29N5O2S. The summed E-state index contributed by atoms with van der Waals surface area (Å²) in [6, 6.07) is 9.58. The second-order valence-electron chi connectivity index (χ2n) is 8.85. The molecule has 0 saturated carbocycles. The molecular weight excluding hydrogens is 434 g/mol. The fourth-order valence-electron chi connectivity index (χ4n) is 4.58. The lowest BCUT2D eigenvalue weighted by Gasteiger charge is -2.25. The van der Waals surface area contributed by atoms with Crippen molar-refractivity contribution in [2.75, 3.05) is 36.0 Å². The first-order valence-corrected chi connectivity index (χ1v) is 12.5. The molecule has 2 aliphatic heterocycles. The highest BCUT2D eigenvalue weighted by Crippen LogP contribution is 2.25. The number of nitrogens with zero attached hydrogens (tertiary/aromatic N) is 4. The van der Waals surface area contributed by atoms with Gasteiger partial charge in [-0.2, -0.15) is 0 Å². The predicted molar refractivity (Wildman–Crippen MR) is 132 cm³/mol. The molecule has 3 aromatic rings. The van der Waals surface area contributed by atoms with Crippen molar-refractivity contribution < 1.29 is 9.59 Å². The third-order valence-corrected chi connectivity index (χ3v) is 7.24. The predicted octanol–water partition coefficient (Wildman–Crippen LogP) is 4.25. The molecule has 0 spiro atoms. The van der Waals surface area contributed by atoms with Crippen molar-refractivity contribution in [2.45, 2.75) is 39.2 Å². The Hall–Kier alpha value is -3.13. The number of anilines is 2. The average Bonchev–Trinajstić information content (AvgIpc) is 3.55. The van der Waals surface area contributed by atoms with Crippen LogP contribution in [-0.2, 0) is 13.0 Å². The Bertz CT molecular complexity index is 1140. The molecule has 4 heterocycles. The van der Waals surface area contributed by atoms with Crippen molar-refractivity contribution in [2.24, 2.45) is 0 Å². The van der Waals surface area contributed by atoms with E-state index in [2.05, 4.69) is 15.6 Å². The summed E-state index contributed by atoms with van der Waals surface area (Å²) in [5.41, 5.74) is 4.57. The van der Waals surface area contributed by atoms with Crippen molar-refractivity contribution >= 4 is 34.0 Å². The maximum Gasteiger partial charge on any atom is 0.321 e. The molecule has 2 amide bonds. The molecule has 0 atom stereocenters. The third kappa shape index (κ3) is 4.80. The van der Waals surface area contributed by atoms with Gasteiger partial charge in [-0.25, -0.2) is 9.78 Å². The number of piperidine rings is 1. The van der Waals surface area contributed by atoms with E-state index in [1.807, 2.05) is 48.0 Å². The quantitative estimate of drug-likeness (QED) is 0.532. The minimum absolute atomic E-state index is 0.0717. The number of hydrogen-bond donors (Lipinski definition) is 1. The van der Waals surface area contributed by atoms with Crippen molar-refractivity contribution in [3.05, 3.63) is 64.4 Å². The number of thiazole rings is 1. The fourth-order valence-corrected chi connectivity index (χ4v) is 5.45. The Morgan fingerprint density at radius 2 is 1.91 bits per heavy atom. The van der Waals surface area contributed by atoms with Crippen LogP contribution in [0.1, 0.15) is 46.6 Å². The molecule has 7 nitrogen and oxygen atoms in total. The van der Waals surface area contributed by atoms with E-state index in [4.69, 9.17) is 4.98 Å². The van der Waals surface area contributed by atoms with Gasteiger partial charge in [-0.05, 0) is 55.5 Å². The van der Waals surface area contributed by atoms with Gasteiger partial charge >= 0.3 is 6.03 Å². The number of carbonyl (C=O) groups excluding carboxylic acids is 2. The Morgan fingerprint density at radius 3 is 2.64 bits per heavy atom. The normalized spacial score (nSPS) is 16.3. The number of carbonyl (C=O) groups is 2. The first-order valence-electron chi connectivity index (χ1n) is 11.6. The van der Waals surface area contributed by atoms with Crippen LogP contribution in [0, 0.1) is 6.92 Å². The molecule has 33 heavy (non-hydrogen) atoms. The molecule has 2 saturated heterocycles. The van der Waals surface area contributed by atoms with E-state index in [9.17, 15) is 9.59 Å². The van der Waals surface area contributed by atoms with Crippen LogP contribution in [-0.4, -0.2) is 47.5 Å². The number of nitrogens with one attached hydrogen (secondary N) is 1. The summed E-state index contributed by atoms with van der Waals surface area (Å²) >= 11 is 1.69. The fraction of sp³-hybridized carbons (Fsp3) is 0.400. The van der Waals surface area contributed by atoms with Crippen LogP contribution >= 0.6 is 11.3 Å². The monoisotopic (exact) mass is 463 g/mol. The molecule has 0 aliphatic carbocycles. The number of aryl methyl sites for hydroxylation is 1. The maximum atomic E-state index is 13.2. The smallest absolute Gasteiger partial charge is 0.321 e. The molecule has 8 heteroatoms. The minimum Gasteiger partial charge on any atom is -0.348 e. The van der Waals surface area contributed by atoms with Gasteiger partial charge in [0, 0.05) is 49.9 Å². The Balaban J connectivity index is 1.27. The second kappa shape index (κ2) is 9.39. The van der Waals surface area contributed by atoms with Gasteiger partial charge < -0.3 is 14.8 Å². The zero-order chi connectivity index (χ0) is 22.8. The van der Waals surface area contributed by atoms with Crippen LogP contribution in [0.3, 0.4) is 0 Å². The Kier molecular flexibility index (Phi) is 6.17. The number of ketones is 1. The van der Waals surface area contributed by atoms with Gasteiger partial charge in [-0.3, -0.25) is 9.69 Å². The summed E-state index contributed by atoms with van der Waals surface area (Å²) in [5, 5.41) is 6.01. The molecule has 1 aromatic carbocycles. The molecule has 2 aromatic heterocycles. The van der Waals surface area contributed by atoms with Gasteiger partial charge in [0.1, 0.15) is 0 Å². The SMILES string of the molecule is Cc1cc(C(=O)Cc2ccc(N3CCNC3=O)cc2)n(Cc2csc(N3CCCCC3)n2)c1. The van der Waals surface area contributed by atoms with E-state index in [-0.39, 0.29) is 11.8 Å². The molecule has 172 valence electrons. The van der Waals surface area contributed by atoms with Crippen LogP contribution in [0.15, 0.2) is 41.9 Å². The van der Waals surface area contributed by atoms with E-state index < -0.39 is 0 Å². The number of aromatic nitrogens is 2. The van der Waals surface area contributed by atoms with E-state index in [1.165, 1.54) is 19.3 Å². The van der Waals surface area contributed by atoms with E-state index in [0.29, 0.717) is 31.7 Å². The number of Topliss-reactive ketones (excluding diaryl/α,β-unsaturated/α-hetero) is 1. The summed E-state index contributed by atoms with van der Waals surface area (Å²) in [4.78, 5) is 34.0. The van der Waals surface area contributed by atoms with Gasteiger partial charge in [0.2, 0.25) is 0 Å². The zero-order valence-corrected chi connectivity index (χ0v) is 19.7. The number of hydrogen-bond acceptors (Lipinski definition) is 5. The lowest BCUT2D eigenvalue weighted by atomic mass is 10.1. The van der Waals surface area contributed by atoms with Gasteiger partial charge in [0.25, 0.3) is 0 Å². The molecule has 0 unspecified atom stereocenters. The van der Waals surface area contributed by atoms with Crippen LogP contribution in [0.25, 0.3) is 0 Å². The van der Waals surface area contributed by atoms with Crippen LogP contribution in [0.5, 0.6) is 0 Å². The molecule has 5 rings (SSSR count). The number of amides is 2. The Morgan fingerprint density at radius 1 is 1.12 bits per heavy atom. The van der Waals surface area contributed by atoms with E-state index in [0.717, 1.165) is 40.7 Å². The van der Waals surface area contributed by atoms with Gasteiger partial charge in [-0.15, -0.1) is 11.3 Å². The van der Waals surface area contributed by atoms with Crippen molar-refractivity contribution in [1.82, 2.24) is 14.9 Å². The zero-order valence-electron chi connectivity index (χ0n) is 18.9. The van der Waals surface area contributed by atoms with Crippen LogP contribution in [0.2, 0.25) is 0 Å². The highest BCUT2D eigenvalue weighted by Gasteiger charge is 2.21. The lowest BCUT2D eigenvalue weighted by Crippen LogP contribution is -2.29. The van der Waals surface area contributed by atoms with Crippen molar-refractivity contribution in [3.63, 3.8) is 0 Å². The lowest BCUT2D eigenvalue weighted by molar-refractivity contribution is 0.0984. The number of urea groups is 1. The van der Waals surface area contributed by atoms with Crippen LogP contribution < -0.4 is 15.1 Å². The van der Waals surface area contributed by atoms with Crippen molar-refractivity contribution in [3.8, 4) is 0 Å². The summed E-state index contributed by atoms with van der Waals surface area (Å²) in [7, 11) is 0. The third-order valence-electron chi connectivity index (χ3n) is 6.29. The first-order chi connectivity index (χ1) is 16.1. The molecule has 2 fully saturated rings. The molecule has 0 bridgehead atoms.